The van der Waals surface area contributed by atoms with Gasteiger partial charge in [0, 0.05) is 13.2 Å². The average Bonchev–Trinajstić information content (AvgIpc) is 1.82. The second kappa shape index (κ2) is 5.73. The van der Waals surface area contributed by atoms with E-state index >= 15 is 0 Å². The summed E-state index contributed by atoms with van der Waals surface area (Å²) in [7, 11) is 1.38. The molecular weight excluding hydrogens is 174 g/mol. The molecule has 0 aromatic carbocycles. The van der Waals surface area contributed by atoms with Gasteiger partial charge in [-0.3, -0.25) is 4.31 Å². The van der Waals surface area contributed by atoms with Crippen molar-refractivity contribution >= 4 is 32.5 Å². The largest absolute Gasteiger partial charge is 0.396 e. The highest BCUT2D eigenvalue weighted by Crippen LogP contribution is 2.37. The molecule has 0 aromatic heterocycles. The van der Waals surface area contributed by atoms with Crippen molar-refractivity contribution in [1.82, 2.24) is 4.31 Å². The third kappa shape index (κ3) is 5.42. The summed E-state index contributed by atoms with van der Waals surface area (Å²) in [5.41, 5.74) is 0. The molecule has 0 spiro atoms. The summed E-state index contributed by atoms with van der Waals surface area (Å²) in [4.78, 5) is 0. The fourth-order valence-corrected chi connectivity index (χ4v) is 1.25. The molecule has 0 aliphatic carbocycles. The van der Waals surface area contributed by atoms with Gasteiger partial charge in [0.2, 0.25) is 0 Å². The lowest BCUT2D eigenvalue weighted by atomic mass is 10.5. The van der Waals surface area contributed by atoms with Crippen molar-refractivity contribution in [2.45, 2.75) is 6.42 Å². The molecule has 0 fully saturated rings. The summed E-state index contributed by atoms with van der Waals surface area (Å²) in [6.07, 6.45) is 0.802. The summed E-state index contributed by atoms with van der Waals surface area (Å²) in [5.74, 6) is 0. The number of thiol groups is 3. The summed E-state index contributed by atoms with van der Waals surface area (Å²) < 4.78 is 2.01. The predicted molar refractivity (Wildman–Crippen MR) is 51.3 cm³/mol. The van der Waals surface area contributed by atoms with Crippen LogP contribution in [0.15, 0.2) is 0 Å². The first-order chi connectivity index (χ1) is 4.18. The van der Waals surface area contributed by atoms with E-state index in [0.29, 0.717) is 0 Å². The molecule has 0 bridgehead atoms. The van der Waals surface area contributed by atoms with Crippen molar-refractivity contribution in [1.29, 1.82) is 0 Å². The minimum Gasteiger partial charge on any atom is -0.396 e. The topological polar surface area (TPSA) is 23.5 Å². The zero-order chi connectivity index (χ0) is 7.28. The van der Waals surface area contributed by atoms with Crippen LogP contribution in [0, 0.1) is 0 Å². The molecule has 0 radical (unpaired) electrons. The van der Waals surface area contributed by atoms with E-state index in [1.165, 1.54) is 0 Å². The molecular formula is C4H13NOS3. The van der Waals surface area contributed by atoms with Crippen LogP contribution < -0.4 is 0 Å². The van der Waals surface area contributed by atoms with Crippen LogP contribution in [-0.4, -0.2) is 29.6 Å². The zero-order valence-corrected chi connectivity index (χ0v) is 8.04. The lowest BCUT2D eigenvalue weighted by Gasteiger charge is -2.21. The Morgan fingerprint density at radius 2 is 2.11 bits per heavy atom. The molecule has 0 atom stereocenters. The maximum atomic E-state index is 8.43. The van der Waals surface area contributed by atoms with Gasteiger partial charge in [0.25, 0.3) is 0 Å². The minimum atomic E-state index is -0.562. The van der Waals surface area contributed by atoms with E-state index in [9.17, 15) is 0 Å². The summed E-state index contributed by atoms with van der Waals surface area (Å²) >= 11 is 8.28. The van der Waals surface area contributed by atoms with Crippen molar-refractivity contribution in [2.75, 3.05) is 20.2 Å². The Balaban J connectivity index is 3.16. The highest BCUT2D eigenvalue weighted by molar-refractivity contribution is 9.08. The lowest BCUT2D eigenvalue weighted by Crippen LogP contribution is -2.12. The van der Waals surface area contributed by atoms with E-state index in [2.05, 4.69) is 23.3 Å². The molecule has 0 unspecified atom stereocenters. The van der Waals surface area contributed by atoms with E-state index in [1.54, 1.807) is 0 Å². The first-order valence-electron chi connectivity index (χ1n) is 2.68. The van der Waals surface area contributed by atoms with Crippen LogP contribution in [0.4, 0.5) is 0 Å². The molecule has 9 heavy (non-hydrogen) atoms. The first-order valence-corrected chi connectivity index (χ1v) is 6.28. The van der Waals surface area contributed by atoms with Crippen molar-refractivity contribution in [3.63, 3.8) is 0 Å². The Bertz CT molecular complexity index is 70.8. The molecule has 0 heterocycles. The highest BCUT2D eigenvalue weighted by Gasteiger charge is 1.98. The summed E-state index contributed by atoms with van der Waals surface area (Å²) in [6, 6.07) is 0. The van der Waals surface area contributed by atoms with Gasteiger partial charge in [-0.05, 0) is 13.5 Å². The predicted octanol–water partition coefficient (Wildman–Crippen LogP) is 0.906. The van der Waals surface area contributed by atoms with Gasteiger partial charge in [-0.15, -0.1) is 32.5 Å². The second-order valence-electron chi connectivity index (χ2n) is 1.73. The smallest absolute Gasteiger partial charge is 0.0443 e. The van der Waals surface area contributed by atoms with E-state index in [1.807, 2.05) is 11.4 Å². The molecule has 0 aliphatic rings. The fraction of sp³-hybridized carbons (Fsp3) is 1.00. The summed E-state index contributed by atoms with van der Waals surface area (Å²) in [6.45, 7) is 1.12. The number of rotatable bonds is 4. The van der Waals surface area contributed by atoms with Crippen molar-refractivity contribution in [3.05, 3.63) is 0 Å². The number of nitrogens with zero attached hydrogens (tertiary/aromatic N) is 1. The summed E-state index contributed by atoms with van der Waals surface area (Å²) in [5, 5.41) is 8.43. The fourth-order valence-electron chi connectivity index (χ4n) is 0.389. The normalized spacial score (nSPS) is 12.3. The molecule has 0 saturated carbocycles. The average molecular weight is 187 g/mol. The van der Waals surface area contributed by atoms with E-state index < -0.39 is 9.15 Å². The van der Waals surface area contributed by atoms with Gasteiger partial charge in [-0.2, -0.15) is 0 Å². The number of hydrogen-bond acceptors (Lipinski definition) is 4. The second-order valence-corrected chi connectivity index (χ2v) is 6.17. The van der Waals surface area contributed by atoms with Crippen LogP contribution in [0.1, 0.15) is 6.42 Å². The molecule has 2 nitrogen and oxygen atoms in total. The van der Waals surface area contributed by atoms with Gasteiger partial charge in [0.15, 0.2) is 0 Å². The lowest BCUT2D eigenvalue weighted by molar-refractivity contribution is 0.278. The molecule has 0 aromatic rings. The Labute approximate surface area is 68.7 Å². The molecule has 58 valence electrons. The van der Waals surface area contributed by atoms with Gasteiger partial charge in [0.05, 0.1) is 0 Å². The standard InChI is InChI=1S/C4H13NOS3/c1-5(9(7)8)3-2-4-6/h6-9H,2-4H2,1H3. The van der Waals surface area contributed by atoms with Crippen LogP contribution in [-0.2, 0) is 0 Å². The first kappa shape index (κ1) is 9.97. The monoisotopic (exact) mass is 187 g/mol. The molecule has 0 saturated heterocycles. The maximum absolute atomic E-state index is 8.43. The molecule has 1 N–H and O–H groups in total. The van der Waals surface area contributed by atoms with Crippen LogP contribution in [0.5, 0.6) is 0 Å². The number of aliphatic hydroxyl groups excluding tert-OH is 1. The highest BCUT2D eigenvalue weighted by atomic mass is 33.5. The van der Waals surface area contributed by atoms with E-state index in [4.69, 9.17) is 5.11 Å². The van der Waals surface area contributed by atoms with Crippen molar-refractivity contribution in [2.24, 2.45) is 0 Å². The SMILES string of the molecule is CN(CCCO)[SH](S)S. The van der Waals surface area contributed by atoms with Gasteiger partial charge >= 0.3 is 0 Å². The van der Waals surface area contributed by atoms with Crippen LogP contribution in [0.2, 0.25) is 0 Å². The van der Waals surface area contributed by atoms with Crippen molar-refractivity contribution in [3.8, 4) is 0 Å². The maximum Gasteiger partial charge on any atom is 0.0443 e. The zero-order valence-electron chi connectivity index (χ0n) is 5.36. The van der Waals surface area contributed by atoms with E-state index in [0.717, 1.165) is 13.0 Å². The molecule has 0 amide bonds. The van der Waals surface area contributed by atoms with Gasteiger partial charge in [0.1, 0.15) is 0 Å². The quantitative estimate of drug-likeness (QED) is 0.388. The Morgan fingerprint density at radius 1 is 1.56 bits per heavy atom. The molecule has 0 aliphatic heterocycles. The third-order valence-electron chi connectivity index (χ3n) is 0.945. The van der Waals surface area contributed by atoms with Crippen LogP contribution >= 0.6 is 32.5 Å². The van der Waals surface area contributed by atoms with Gasteiger partial charge in [-0.25, -0.2) is 0 Å². The Kier molecular flexibility index (Phi) is 6.35. The molecule has 0 rings (SSSR count). The van der Waals surface area contributed by atoms with Crippen LogP contribution in [0.25, 0.3) is 0 Å². The Morgan fingerprint density at radius 3 is 2.44 bits per heavy atom. The van der Waals surface area contributed by atoms with Crippen molar-refractivity contribution < 1.29 is 5.11 Å². The number of aliphatic hydroxyl groups is 1. The number of hydrogen-bond donors (Lipinski definition) is 4. The van der Waals surface area contributed by atoms with Gasteiger partial charge < -0.3 is 5.11 Å². The van der Waals surface area contributed by atoms with Crippen LogP contribution in [0.3, 0.4) is 0 Å². The van der Waals surface area contributed by atoms with Gasteiger partial charge in [-0.1, -0.05) is 0 Å². The minimum absolute atomic E-state index is 0.245. The van der Waals surface area contributed by atoms with E-state index in [-0.39, 0.29) is 6.61 Å². The third-order valence-corrected chi connectivity index (χ3v) is 3.59. The molecule has 5 heteroatoms. The Hall–Kier alpha value is 0.970.